The standard InChI is InChI=1S/C15H23NO3/c1-11-10-19-7-6-16(11)9-14-8-13(12(2)17)4-5-15(14)18-3/h4-5,8,11-12,17H,6-7,9-10H2,1-3H3. The van der Waals surface area contributed by atoms with Crippen molar-refractivity contribution >= 4 is 0 Å². The zero-order chi connectivity index (χ0) is 13.8. The quantitative estimate of drug-likeness (QED) is 0.904. The molecule has 106 valence electrons. The summed E-state index contributed by atoms with van der Waals surface area (Å²) in [6.45, 7) is 7.27. The van der Waals surface area contributed by atoms with Gasteiger partial charge in [-0.2, -0.15) is 0 Å². The number of aliphatic hydroxyl groups excluding tert-OH is 1. The topological polar surface area (TPSA) is 41.9 Å². The summed E-state index contributed by atoms with van der Waals surface area (Å²) in [4.78, 5) is 2.38. The van der Waals surface area contributed by atoms with Crippen LogP contribution >= 0.6 is 0 Å². The Hall–Kier alpha value is -1.10. The van der Waals surface area contributed by atoms with Crippen molar-refractivity contribution in [3.63, 3.8) is 0 Å². The minimum Gasteiger partial charge on any atom is -0.496 e. The second kappa shape index (κ2) is 6.37. The summed E-state index contributed by atoms with van der Waals surface area (Å²) in [7, 11) is 1.68. The van der Waals surface area contributed by atoms with Crippen LogP contribution in [-0.2, 0) is 11.3 Å². The molecule has 1 aromatic rings. The van der Waals surface area contributed by atoms with Crippen molar-refractivity contribution in [2.24, 2.45) is 0 Å². The van der Waals surface area contributed by atoms with Gasteiger partial charge in [0.05, 0.1) is 26.4 Å². The monoisotopic (exact) mass is 265 g/mol. The van der Waals surface area contributed by atoms with Gasteiger partial charge in [0.2, 0.25) is 0 Å². The lowest BCUT2D eigenvalue weighted by molar-refractivity contribution is -0.00466. The molecule has 0 radical (unpaired) electrons. The van der Waals surface area contributed by atoms with E-state index >= 15 is 0 Å². The van der Waals surface area contributed by atoms with E-state index in [1.165, 1.54) is 0 Å². The van der Waals surface area contributed by atoms with Crippen molar-refractivity contribution in [1.82, 2.24) is 4.90 Å². The predicted octanol–water partition coefficient (Wildman–Crippen LogP) is 1.97. The number of morpholine rings is 1. The largest absolute Gasteiger partial charge is 0.496 e. The van der Waals surface area contributed by atoms with Crippen molar-refractivity contribution in [3.05, 3.63) is 29.3 Å². The molecule has 0 saturated carbocycles. The molecule has 2 unspecified atom stereocenters. The third-order valence-corrected chi connectivity index (χ3v) is 3.67. The first-order valence-corrected chi connectivity index (χ1v) is 6.78. The van der Waals surface area contributed by atoms with E-state index in [0.717, 1.165) is 43.2 Å². The smallest absolute Gasteiger partial charge is 0.123 e. The molecule has 19 heavy (non-hydrogen) atoms. The fourth-order valence-corrected chi connectivity index (χ4v) is 2.40. The average molecular weight is 265 g/mol. The molecule has 1 N–H and O–H groups in total. The first-order valence-electron chi connectivity index (χ1n) is 6.78. The minimum atomic E-state index is -0.452. The lowest BCUT2D eigenvalue weighted by Crippen LogP contribution is -2.42. The second-order valence-electron chi connectivity index (χ2n) is 5.14. The summed E-state index contributed by atoms with van der Waals surface area (Å²) in [6.07, 6.45) is -0.452. The first kappa shape index (κ1) is 14.3. The molecule has 1 heterocycles. The molecule has 4 nitrogen and oxygen atoms in total. The highest BCUT2D eigenvalue weighted by molar-refractivity contribution is 5.38. The van der Waals surface area contributed by atoms with Crippen molar-refractivity contribution in [3.8, 4) is 5.75 Å². The third-order valence-electron chi connectivity index (χ3n) is 3.67. The first-order chi connectivity index (χ1) is 9.11. The van der Waals surface area contributed by atoms with E-state index in [2.05, 4.69) is 11.8 Å². The molecular formula is C15H23NO3. The predicted molar refractivity (Wildman–Crippen MR) is 74.3 cm³/mol. The fraction of sp³-hybridized carbons (Fsp3) is 0.600. The number of ether oxygens (including phenoxy) is 2. The summed E-state index contributed by atoms with van der Waals surface area (Å²) < 4.78 is 10.9. The molecular weight excluding hydrogens is 242 g/mol. The molecule has 2 rings (SSSR count). The Kier molecular flexibility index (Phi) is 4.80. The van der Waals surface area contributed by atoms with Gasteiger partial charge in [-0.1, -0.05) is 6.07 Å². The van der Waals surface area contributed by atoms with E-state index in [4.69, 9.17) is 9.47 Å². The van der Waals surface area contributed by atoms with Crippen molar-refractivity contribution in [2.75, 3.05) is 26.9 Å². The Morgan fingerprint density at radius 3 is 2.95 bits per heavy atom. The van der Waals surface area contributed by atoms with Crippen LogP contribution in [0.5, 0.6) is 5.75 Å². The lowest BCUT2D eigenvalue weighted by Gasteiger charge is -2.33. The van der Waals surface area contributed by atoms with Crippen LogP contribution in [0.15, 0.2) is 18.2 Å². The molecule has 0 spiro atoms. The van der Waals surface area contributed by atoms with Gasteiger partial charge in [0, 0.05) is 24.7 Å². The molecule has 1 aliphatic heterocycles. The van der Waals surface area contributed by atoms with Crippen LogP contribution in [0.1, 0.15) is 31.1 Å². The van der Waals surface area contributed by atoms with Crippen LogP contribution in [0.3, 0.4) is 0 Å². The van der Waals surface area contributed by atoms with Gasteiger partial charge in [-0.3, -0.25) is 4.90 Å². The van der Waals surface area contributed by atoms with Gasteiger partial charge in [-0.25, -0.2) is 0 Å². The molecule has 1 aliphatic rings. The number of hydrogen-bond donors (Lipinski definition) is 1. The maximum absolute atomic E-state index is 9.70. The summed E-state index contributed by atoms with van der Waals surface area (Å²) in [6, 6.07) is 6.29. The number of hydrogen-bond acceptors (Lipinski definition) is 4. The van der Waals surface area contributed by atoms with Gasteiger partial charge in [-0.05, 0) is 31.5 Å². The van der Waals surface area contributed by atoms with Crippen LogP contribution < -0.4 is 4.74 Å². The maximum atomic E-state index is 9.70. The number of benzene rings is 1. The lowest BCUT2D eigenvalue weighted by atomic mass is 10.0. The normalized spacial score (nSPS) is 22.2. The van der Waals surface area contributed by atoms with Gasteiger partial charge in [-0.15, -0.1) is 0 Å². The van der Waals surface area contributed by atoms with Gasteiger partial charge < -0.3 is 14.6 Å². The van der Waals surface area contributed by atoms with E-state index in [-0.39, 0.29) is 0 Å². The van der Waals surface area contributed by atoms with E-state index in [9.17, 15) is 5.11 Å². The Morgan fingerprint density at radius 2 is 2.32 bits per heavy atom. The fourth-order valence-electron chi connectivity index (χ4n) is 2.40. The second-order valence-corrected chi connectivity index (χ2v) is 5.14. The molecule has 0 bridgehead atoms. The van der Waals surface area contributed by atoms with E-state index in [0.29, 0.717) is 6.04 Å². The van der Waals surface area contributed by atoms with Crippen LogP contribution in [-0.4, -0.2) is 42.9 Å². The number of rotatable bonds is 4. The van der Waals surface area contributed by atoms with Crippen LogP contribution in [0.25, 0.3) is 0 Å². The van der Waals surface area contributed by atoms with Crippen molar-refractivity contribution < 1.29 is 14.6 Å². The van der Waals surface area contributed by atoms with Gasteiger partial charge >= 0.3 is 0 Å². The highest BCUT2D eigenvalue weighted by atomic mass is 16.5. The van der Waals surface area contributed by atoms with Gasteiger partial charge in [0.25, 0.3) is 0 Å². The maximum Gasteiger partial charge on any atom is 0.123 e. The zero-order valence-corrected chi connectivity index (χ0v) is 11.9. The summed E-state index contributed by atoms with van der Waals surface area (Å²) in [5.74, 6) is 0.878. The molecule has 1 saturated heterocycles. The Balaban J connectivity index is 2.19. The molecule has 0 aromatic heterocycles. The summed E-state index contributed by atoms with van der Waals surface area (Å²) in [5, 5.41) is 9.70. The van der Waals surface area contributed by atoms with E-state index in [1.807, 2.05) is 18.2 Å². The highest BCUT2D eigenvalue weighted by Crippen LogP contribution is 2.25. The molecule has 0 amide bonds. The summed E-state index contributed by atoms with van der Waals surface area (Å²) in [5.41, 5.74) is 2.05. The van der Waals surface area contributed by atoms with Gasteiger partial charge in [0.15, 0.2) is 0 Å². The summed E-state index contributed by atoms with van der Waals surface area (Å²) >= 11 is 0. The average Bonchev–Trinajstić information content (AvgIpc) is 2.41. The highest BCUT2D eigenvalue weighted by Gasteiger charge is 2.20. The number of aliphatic hydroxyl groups is 1. The van der Waals surface area contributed by atoms with Gasteiger partial charge in [0.1, 0.15) is 5.75 Å². The molecule has 4 heteroatoms. The van der Waals surface area contributed by atoms with Crippen LogP contribution in [0.4, 0.5) is 0 Å². The molecule has 0 aliphatic carbocycles. The zero-order valence-electron chi connectivity index (χ0n) is 11.9. The third kappa shape index (κ3) is 3.47. The SMILES string of the molecule is COc1ccc(C(C)O)cc1CN1CCOCC1C. The van der Waals surface area contributed by atoms with Crippen LogP contribution in [0, 0.1) is 0 Å². The van der Waals surface area contributed by atoms with Crippen molar-refractivity contribution in [2.45, 2.75) is 32.5 Å². The van der Waals surface area contributed by atoms with Crippen molar-refractivity contribution in [1.29, 1.82) is 0 Å². The molecule has 1 aromatic carbocycles. The molecule has 2 atom stereocenters. The van der Waals surface area contributed by atoms with Crippen LogP contribution in [0.2, 0.25) is 0 Å². The number of methoxy groups -OCH3 is 1. The van der Waals surface area contributed by atoms with E-state index < -0.39 is 6.10 Å². The van der Waals surface area contributed by atoms with E-state index in [1.54, 1.807) is 14.0 Å². The minimum absolute atomic E-state index is 0.411. The Bertz CT molecular complexity index is 420. The molecule has 1 fully saturated rings. The Labute approximate surface area is 114 Å². The Morgan fingerprint density at radius 1 is 1.53 bits per heavy atom. The number of nitrogens with zero attached hydrogens (tertiary/aromatic N) is 1.